The molecule has 2 aromatic rings. The largest absolute Gasteiger partial charge is 0.478 e. The minimum atomic E-state index is -1.05. The Morgan fingerprint density at radius 1 is 1.19 bits per heavy atom. The first-order valence-electron chi connectivity index (χ1n) is 6.44. The number of aromatic carboxylic acids is 1. The number of carbonyl (C=O) groups is 1. The quantitative estimate of drug-likeness (QED) is 0.890. The van der Waals surface area contributed by atoms with Crippen molar-refractivity contribution in [1.82, 2.24) is 0 Å². The van der Waals surface area contributed by atoms with Gasteiger partial charge in [-0.15, -0.1) is 0 Å². The van der Waals surface area contributed by atoms with Gasteiger partial charge in [0.25, 0.3) is 0 Å². The third kappa shape index (κ3) is 3.18. The van der Waals surface area contributed by atoms with E-state index in [1.54, 1.807) is 19.9 Å². The number of hydrogen-bond donors (Lipinski definition) is 2. The van der Waals surface area contributed by atoms with Crippen LogP contribution in [0.25, 0.3) is 0 Å². The fourth-order valence-corrected chi connectivity index (χ4v) is 2.14. The molecule has 21 heavy (non-hydrogen) atoms. The normalized spacial score (nSPS) is 12.0. The molecule has 0 aromatic heterocycles. The molecule has 0 radical (unpaired) electrons. The van der Waals surface area contributed by atoms with E-state index in [2.05, 4.69) is 5.32 Å². The van der Waals surface area contributed by atoms with Crippen LogP contribution in [0.15, 0.2) is 36.4 Å². The number of anilines is 1. The molecule has 1 unspecified atom stereocenters. The van der Waals surface area contributed by atoms with Crippen molar-refractivity contribution in [2.75, 3.05) is 5.32 Å². The summed E-state index contributed by atoms with van der Waals surface area (Å²) in [5.41, 5.74) is 1.37. The molecule has 0 aliphatic rings. The lowest BCUT2D eigenvalue weighted by Crippen LogP contribution is -2.12. The summed E-state index contributed by atoms with van der Waals surface area (Å²) in [6.07, 6.45) is 0. The Bertz CT molecular complexity index is 666. The van der Waals surface area contributed by atoms with Crippen LogP contribution < -0.4 is 5.32 Å². The third-order valence-electron chi connectivity index (χ3n) is 3.29. The molecule has 0 saturated heterocycles. The number of aryl methyl sites for hydroxylation is 1. The van der Waals surface area contributed by atoms with E-state index in [9.17, 15) is 13.6 Å². The average Bonchev–Trinajstić information content (AvgIpc) is 2.40. The fraction of sp³-hybridized carbons (Fsp3) is 0.188. The van der Waals surface area contributed by atoms with Crippen LogP contribution in [0.3, 0.4) is 0 Å². The molecule has 5 heteroatoms. The van der Waals surface area contributed by atoms with Crippen molar-refractivity contribution < 1.29 is 18.7 Å². The van der Waals surface area contributed by atoms with Gasteiger partial charge in [0.05, 0.1) is 11.6 Å². The van der Waals surface area contributed by atoms with Gasteiger partial charge >= 0.3 is 5.97 Å². The molecule has 0 aliphatic heterocycles. The van der Waals surface area contributed by atoms with E-state index in [1.807, 2.05) is 0 Å². The standard InChI is InChI=1S/C16H15F2NO2/c1-9-6-7-11(16(20)21)8-14(9)19-10(2)15-12(17)4-3-5-13(15)18/h3-8,10,19H,1-2H3,(H,20,21). The van der Waals surface area contributed by atoms with Gasteiger partial charge in [0, 0.05) is 11.3 Å². The molecule has 0 amide bonds. The number of rotatable bonds is 4. The lowest BCUT2D eigenvalue weighted by molar-refractivity contribution is 0.0697. The number of nitrogens with one attached hydrogen (secondary N) is 1. The highest BCUT2D eigenvalue weighted by Crippen LogP contribution is 2.26. The first-order valence-corrected chi connectivity index (χ1v) is 6.44. The zero-order chi connectivity index (χ0) is 15.6. The zero-order valence-corrected chi connectivity index (χ0v) is 11.7. The number of halogens is 2. The topological polar surface area (TPSA) is 49.3 Å². The van der Waals surface area contributed by atoms with Crippen molar-refractivity contribution in [2.45, 2.75) is 19.9 Å². The van der Waals surface area contributed by atoms with Gasteiger partial charge < -0.3 is 10.4 Å². The van der Waals surface area contributed by atoms with Crippen LogP contribution in [-0.2, 0) is 0 Å². The van der Waals surface area contributed by atoms with E-state index in [0.717, 1.165) is 5.56 Å². The Hall–Kier alpha value is -2.43. The molecule has 1 atom stereocenters. The van der Waals surface area contributed by atoms with E-state index in [-0.39, 0.29) is 11.1 Å². The van der Waals surface area contributed by atoms with Crippen LogP contribution in [0.5, 0.6) is 0 Å². The van der Waals surface area contributed by atoms with Crippen LogP contribution in [0.1, 0.15) is 34.5 Å². The molecule has 0 spiro atoms. The summed E-state index contributed by atoms with van der Waals surface area (Å²) in [5, 5.41) is 12.0. The molecule has 0 aliphatic carbocycles. The molecule has 2 N–H and O–H groups in total. The maximum atomic E-state index is 13.7. The second-order valence-corrected chi connectivity index (χ2v) is 4.84. The number of benzene rings is 2. The molecule has 0 saturated carbocycles. The smallest absolute Gasteiger partial charge is 0.335 e. The minimum Gasteiger partial charge on any atom is -0.478 e. The predicted octanol–water partition coefficient (Wildman–Crippen LogP) is 4.14. The molecule has 110 valence electrons. The van der Waals surface area contributed by atoms with Gasteiger partial charge in [-0.2, -0.15) is 0 Å². The van der Waals surface area contributed by atoms with Crippen LogP contribution in [0, 0.1) is 18.6 Å². The predicted molar refractivity (Wildman–Crippen MR) is 76.5 cm³/mol. The lowest BCUT2D eigenvalue weighted by atomic mass is 10.0. The summed E-state index contributed by atoms with van der Waals surface area (Å²) in [7, 11) is 0. The minimum absolute atomic E-state index is 0.0716. The van der Waals surface area contributed by atoms with E-state index < -0.39 is 23.6 Å². The van der Waals surface area contributed by atoms with Crippen molar-refractivity contribution in [3.05, 3.63) is 64.7 Å². The summed E-state index contributed by atoms with van der Waals surface area (Å²) in [5.74, 6) is -2.33. The molecule has 0 bridgehead atoms. The number of hydrogen-bond acceptors (Lipinski definition) is 2. The number of carboxylic acid groups (broad SMARTS) is 1. The summed E-state index contributed by atoms with van der Waals surface area (Å²) in [6, 6.07) is 7.64. The molecular formula is C16H15F2NO2. The van der Waals surface area contributed by atoms with Crippen LogP contribution in [0.4, 0.5) is 14.5 Å². The summed E-state index contributed by atoms with van der Waals surface area (Å²) in [6.45, 7) is 3.41. The highest BCUT2D eigenvalue weighted by atomic mass is 19.1. The van der Waals surface area contributed by atoms with E-state index in [4.69, 9.17) is 5.11 Å². The van der Waals surface area contributed by atoms with Gasteiger partial charge in [0.2, 0.25) is 0 Å². The van der Waals surface area contributed by atoms with Gasteiger partial charge in [0.1, 0.15) is 11.6 Å². The zero-order valence-electron chi connectivity index (χ0n) is 11.7. The Morgan fingerprint density at radius 2 is 1.81 bits per heavy atom. The molecule has 2 aromatic carbocycles. The monoisotopic (exact) mass is 291 g/mol. The Labute approximate surface area is 121 Å². The Morgan fingerprint density at radius 3 is 2.38 bits per heavy atom. The lowest BCUT2D eigenvalue weighted by Gasteiger charge is -2.19. The maximum Gasteiger partial charge on any atom is 0.335 e. The second kappa shape index (κ2) is 5.91. The second-order valence-electron chi connectivity index (χ2n) is 4.84. The van der Waals surface area contributed by atoms with Crippen molar-refractivity contribution in [3.63, 3.8) is 0 Å². The highest BCUT2D eigenvalue weighted by molar-refractivity contribution is 5.89. The van der Waals surface area contributed by atoms with E-state index in [0.29, 0.717) is 5.69 Å². The molecule has 3 nitrogen and oxygen atoms in total. The van der Waals surface area contributed by atoms with Gasteiger partial charge in [-0.1, -0.05) is 12.1 Å². The maximum absolute atomic E-state index is 13.7. The summed E-state index contributed by atoms with van der Waals surface area (Å²) < 4.78 is 27.5. The Kier molecular flexibility index (Phi) is 4.21. The fourth-order valence-electron chi connectivity index (χ4n) is 2.14. The molecule has 0 fully saturated rings. The van der Waals surface area contributed by atoms with Crippen molar-refractivity contribution in [1.29, 1.82) is 0 Å². The van der Waals surface area contributed by atoms with Crippen molar-refractivity contribution in [3.8, 4) is 0 Å². The van der Waals surface area contributed by atoms with Crippen LogP contribution in [-0.4, -0.2) is 11.1 Å². The van der Waals surface area contributed by atoms with Crippen LogP contribution in [0.2, 0.25) is 0 Å². The SMILES string of the molecule is Cc1ccc(C(=O)O)cc1NC(C)c1c(F)cccc1F. The van der Waals surface area contributed by atoms with E-state index >= 15 is 0 Å². The molecular weight excluding hydrogens is 276 g/mol. The van der Waals surface area contributed by atoms with Gasteiger partial charge in [-0.05, 0) is 43.7 Å². The number of carboxylic acids is 1. The average molecular weight is 291 g/mol. The molecule has 0 heterocycles. The highest BCUT2D eigenvalue weighted by Gasteiger charge is 2.17. The van der Waals surface area contributed by atoms with Crippen molar-refractivity contribution in [2.24, 2.45) is 0 Å². The Balaban J connectivity index is 2.33. The summed E-state index contributed by atoms with van der Waals surface area (Å²) >= 11 is 0. The molecule has 2 rings (SSSR count). The van der Waals surface area contributed by atoms with Gasteiger partial charge in [0.15, 0.2) is 0 Å². The first-order chi connectivity index (χ1) is 9.90. The van der Waals surface area contributed by atoms with Crippen LogP contribution >= 0.6 is 0 Å². The van der Waals surface area contributed by atoms with Gasteiger partial charge in [-0.25, -0.2) is 13.6 Å². The van der Waals surface area contributed by atoms with E-state index in [1.165, 1.54) is 30.3 Å². The first kappa shape index (κ1) is 15.0. The van der Waals surface area contributed by atoms with Crippen molar-refractivity contribution >= 4 is 11.7 Å². The third-order valence-corrected chi connectivity index (χ3v) is 3.29. The van der Waals surface area contributed by atoms with Gasteiger partial charge in [-0.3, -0.25) is 0 Å². The summed E-state index contributed by atoms with van der Waals surface area (Å²) in [4.78, 5) is 11.0.